The minimum absolute atomic E-state index is 0.346. The zero-order chi connectivity index (χ0) is 7.98. The first-order chi connectivity index (χ1) is 4.70. The smallest absolute Gasteiger partial charge is 0.115 e. The molecule has 2 unspecified atom stereocenters. The molecule has 10 heavy (non-hydrogen) atoms. The van der Waals surface area contributed by atoms with Crippen LogP contribution in [-0.4, -0.2) is 12.7 Å². The van der Waals surface area contributed by atoms with Crippen LogP contribution in [0.5, 0.6) is 0 Å². The molecular formula is C8H16FN. The molecule has 0 aromatic heterocycles. The lowest BCUT2D eigenvalue weighted by molar-refractivity contribution is 0.427. The van der Waals surface area contributed by atoms with Gasteiger partial charge in [0.1, 0.15) is 6.17 Å². The predicted octanol–water partition coefficient (Wildman–Crippen LogP) is 1.89. The van der Waals surface area contributed by atoms with Crippen LogP contribution in [0, 0.1) is 5.92 Å². The molecule has 0 aliphatic heterocycles. The molecule has 0 aliphatic carbocycles. The van der Waals surface area contributed by atoms with Crippen molar-refractivity contribution in [2.45, 2.75) is 26.4 Å². The lowest BCUT2D eigenvalue weighted by Crippen LogP contribution is -2.10. The SMILES string of the molecule is CCC(/C=C\C(C)F)CN. The molecule has 0 rings (SSSR count). The van der Waals surface area contributed by atoms with Gasteiger partial charge in [-0.3, -0.25) is 0 Å². The van der Waals surface area contributed by atoms with Gasteiger partial charge in [-0.05, 0) is 25.8 Å². The largest absolute Gasteiger partial charge is 0.330 e. The molecule has 2 atom stereocenters. The summed E-state index contributed by atoms with van der Waals surface area (Å²) in [7, 11) is 0. The van der Waals surface area contributed by atoms with Crippen molar-refractivity contribution in [1.82, 2.24) is 0 Å². The maximum Gasteiger partial charge on any atom is 0.115 e. The molecule has 0 bridgehead atoms. The Balaban J connectivity index is 3.61. The summed E-state index contributed by atoms with van der Waals surface area (Å²) in [4.78, 5) is 0. The molecule has 0 aliphatic rings. The molecule has 0 fully saturated rings. The number of hydrogen-bond acceptors (Lipinski definition) is 1. The van der Waals surface area contributed by atoms with Crippen LogP contribution in [0.2, 0.25) is 0 Å². The van der Waals surface area contributed by atoms with Gasteiger partial charge in [0.05, 0.1) is 0 Å². The zero-order valence-electron chi connectivity index (χ0n) is 6.68. The van der Waals surface area contributed by atoms with E-state index in [0.29, 0.717) is 12.5 Å². The summed E-state index contributed by atoms with van der Waals surface area (Å²) in [5.74, 6) is 0.346. The first-order valence-electron chi connectivity index (χ1n) is 3.73. The zero-order valence-corrected chi connectivity index (χ0v) is 6.68. The van der Waals surface area contributed by atoms with E-state index >= 15 is 0 Å². The number of alkyl halides is 1. The Labute approximate surface area is 62.1 Å². The number of nitrogens with two attached hydrogens (primary N) is 1. The number of rotatable bonds is 4. The average molecular weight is 145 g/mol. The standard InChI is InChI=1S/C8H16FN/c1-3-8(6-10)5-4-7(2)9/h4-5,7-8H,3,6,10H2,1-2H3/b5-4-. The second kappa shape index (κ2) is 5.42. The van der Waals surface area contributed by atoms with Gasteiger partial charge in [0.2, 0.25) is 0 Å². The van der Waals surface area contributed by atoms with Gasteiger partial charge in [-0.2, -0.15) is 0 Å². The van der Waals surface area contributed by atoms with Gasteiger partial charge in [-0.25, -0.2) is 4.39 Å². The topological polar surface area (TPSA) is 26.0 Å². The van der Waals surface area contributed by atoms with Crippen LogP contribution in [0.15, 0.2) is 12.2 Å². The maximum absolute atomic E-state index is 12.2. The number of halogens is 1. The van der Waals surface area contributed by atoms with Crippen LogP contribution in [0.4, 0.5) is 4.39 Å². The molecule has 1 nitrogen and oxygen atoms in total. The fraction of sp³-hybridized carbons (Fsp3) is 0.750. The Morgan fingerprint density at radius 1 is 1.50 bits per heavy atom. The van der Waals surface area contributed by atoms with Gasteiger partial charge in [0.15, 0.2) is 0 Å². The highest BCUT2D eigenvalue weighted by Crippen LogP contribution is 2.03. The van der Waals surface area contributed by atoms with Crippen molar-refractivity contribution in [2.75, 3.05) is 6.54 Å². The normalized spacial score (nSPS) is 17.6. The number of allylic oxidation sites excluding steroid dienone is 1. The Morgan fingerprint density at radius 2 is 2.10 bits per heavy atom. The maximum atomic E-state index is 12.2. The molecule has 0 spiro atoms. The lowest BCUT2D eigenvalue weighted by atomic mass is 10.1. The quantitative estimate of drug-likeness (QED) is 0.600. The summed E-state index contributed by atoms with van der Waals surface area (Å²) in [6.45, 7) is 4.17. The lowest BCUT2D eigenvalue weighted by Gasteiger charge is -2.04. The van der Waals surface area contributed by atoms with Gasteiger partial charge < -0.3 is 5.73 Å². The molecular weight excluding hydrogens is 129 g/mol. The van der Waals surface area contributed by atoms with Crippen LogP contribution in [0.25, 0.3) is 0 Å². The second-order valence-corrected chi connectivity index (χ2v) is 2.47. The summed E-state index contributed by atoms with van der Waals surface area (Å²) in [6.07, 6.45) is 3.55. The van der Waals surface area contributed by atoms with Gasteiger partial charge in [-0.15, -0.1) is 0 Å². The van der Waals surface area contributed by atoms with Crippen molar-refractivity contribution in [3.63, 3.8) is 0 Å². The van der Waals surface area contributed by atoms with Gasteiger partial charge >= 0.3 is 0 Å². The molecule has 0 amide bonds. The fourth-order valence-corrected chi connectivity index (χ4v) is 0.692. The van der Waals surface area contributed by atoms with Crippen LogP contribution >= 0.6 is 0 Å². The van der Waals surface area contributed by atoms with Crippen molar-refractivity contribution in [2.24, 2.45) is 11.7 Å². The minimum atomic E-state index is -0.847. The van der Waals surface area contributed by atoms with E-state index in [-0.39, 0.29) is 0 Å². The molecule has 2 N–H and O–H groups in total. The molecule has 0 saturated carbocycles. The average Bonchev–Trinajstić information content (AvgIpc) is 1.90. The van der Waals surface area contributed by atoms with E-state index in [2.05, 4.69) is 0 Å². The summed E-state index contributed by atoms with van der Waals surface area (Å²) >= 11 is 0. The van der Waals surface area contributed by atoms with Crippen molar-refractivity contribution < 1.29 is 4.39 Å². The second-order valence-electron chi connectivity index (χ2n) is 2.47. The first-order valence-corrected chi connectivity index (χ1v) is 3.73. The predicted molar refractivity (Wildman–Crippen MR) is 42.5 cm³/mol. The summed E-state index contributed by atoms with van der Waals surface area (Å²) in [5.41, 5.74) is 5.40. The monoisotopic (exact) mass is 145 g/mol. The van der Waals surface area contributed by atoms with Crippen LogP contribution < -0.4 is 5.73 Å². The van der Waals surface area contributed by atoms with Gasteiger partial charge in [0, 0.05) is 0 Å². The van der Waals surface area contributed by atoms with Crippen LogP contribution in [-0.2, 0) is 0 Å². The third-order valence-corrected chi connectivity index (χ3v) is 1.48. The summed E-state index contributed by atoms with van der Waals surface area (Å²) in [6, 6.07) is 0. The minimum Gasteiger partial charge on any atom is -0.330 e. The molecule has 60 valence electrons. The van der Waals surface area contributed by atoms with Crippen molar-refractivity contribution >= 4 is 0 Å². The van der Waals surface area contributed by atoms with Crippen molar-refractivity contribution in [3.05, 3.63) is 12.2 Å². The Morgan fingerprint density at radius 3 is 2.40 bits per heavy atom. The van der Waals surface area contributed by atoms with Gasteiger partial charge in [-0.1, -0.05) is 19.1 Å². The van der Waals surface area contributed by atoms with E-state index in [1.54, 1.807) is 6.08 Å². The highest BCUT2D eigenvalue weighted by Gasteiger charge is 1.97. The summed E-state index contributed by atoms with van der Waals surface area (Å²) < 4.78 is 12.2. The third kappa shape index (κ3) is 4.50. The van der Waals surface area contributed by atoms with E-state index < -0.39 is 6.17 Å². The number of hydrogen-bond donors (Lipinski definition) is 1. The molecule has 2 heteroatoms. The highest BCUT2D eigenvalue weighted by molar-refractivity contribution is 4.91. The van der Waals surface area contributed by atoms with E-state index in [4.69, 9.17) is 5.73 Å². The first kappa shape index (κ1) is 9.63. The fourth-order valence-electron chi connectivity index (χ4n) is 0.692. The van der Waals surface area contributed by atoms with Crippen LogP contribution in [0.1, 0.15) is 20.3 Å². The van der Waals surface area contributed by atoms with Crippen molar-refractivity contribution in [1.29, 1.82) is 0 Å². The Hall–Kier alpha value is -0.370. The summed E-state index contributed by atoms with van der Waals surface area (Å²) in [5, 5.41) is 0. The van der Waals surface area contributed by atoms with E-state index in [0.717, 1.165) is 6.42 Å². The highest BCUT2D eigenvalue weighted by atomic mass is 19.1. The Kier molecular flexibility index (Phi) is 5.22. The third-order valence-electron chi connectivity index (χ3n) is 1.48. The molecule has 0 heterocycles. The van der Waals surface area contributed by atoms with E-state index in [1.807, 2.05) is 13.0 Å². The van der Waals surface area contributed by atoms with Crippen molar-refractivity contribution in [3.8, 4) is 0 Å². The molecule has 0 aromatic carbocycles. The van der Waals surface area contributed by atoms with Gasteiger partial charge in [0.25, 0.3) is 0 Å². The van der Waals surface area contributed by atoms with E-state index in [1.165, 1.54) is 6.92 Å². The molecule has 0 aromatic rings. The van der Waals surface area contributed by atoms with Crippen LogP contribution in [0.3, 0.4) is 0 Å². The molecule has 0 saturated heterocycles. The Bertz CT molecular complexity index is 95.4. The van der Waals surface area contributed by atoms with E-state index in [9.17, 15) is 4.39 Å². The molecule has 0 radical (unpaired) electrons.